The van der Waals surface area contributed by atoms with Crippen molar-refractivity contribution in [2.75, 3.05) is 13.7 Å². The minimum absolute atomic E-state index is 0.0796. The fourth-order valence-corrected chi connectivity index (χ4v) is 2.82. The zero-order chi connectivity index (χ0) is 14.9. The number of rotatable bonds is 4. The van der Waals surface area contributed by atoms with Gasteiger partial charge in [0.25, 0.3) is 5.91 Å². The number of methoxy groups -OCH3 is 1. The standard InChI is InChI=1S/C13H17ClN2O4/c1-15-6-8(14)3-11(15)13(19)16-7-10(20-2)4-9(16)5-12(17)18/h3,6,9-10H,4-5,7H2,1-2H3,(H,17,18). The summed E-state index contributed by atoms with van der Waals surface area (Å²) in [5, 5.41) is 9.44. The molecule has 7 heteroatoms. The fraction of sp³-hybridized carbons (Fsp3) is 0.538. The lowest BCUT2D eigenvalue weighted by Crippen LogP contribution is -2.38. The molecule has 0 bridgehead atoms. The quantitative estimate of drug-likeness (QED) is 0.912. The van der Waals surface area contributed by atoms with Gasteiger partial charge in [0.15, 0.2) is 0 Å². The third kappa shape index (κ3) is 2.96. The Balaban J connectivity index is 2.21. The summed E-state index contributed by atoms with van der Waals surface area (Å²) in [6.45, 7) is 0.399. The maximum absolute atomic E-state index is 12.5. The average molecular weight is 301 g/mol. The normalized spacial score (nSPS) is 22.2. The van der Waals surface area contributed by atoms with Gasteiger partial charge in [0, 0.05) is 32.9 Å². The number of ether oxygens (including phenoxy) is 1. The van der Waals surface area contributed by atoms with Crippen molar-refractivity contribution in [3.63, 3.8) is 0 Å². The van der Waals surface area contributed by atoms with Crippen LogP contribution >= 0.6 is 11.6 Å². The monoisotopic (exact) mass is 300 g/mol. The van der Waals surface area contributed by atoms with Crippen LogP contribution in [0.2, 0.25) is 5.02 Å². The van der Waals surface area contributed by atoms with Crippen LogP contribution < -0.4 is 0 Å². The second kappa shape index (κ2) is 5.85. The molecule has 1 aliphatic rings. The first-order chi connectivity index (χ1) is 9.42. The predicted molar refractivity (Wildman–Crippen MR) is 72.9 cm³/mol. The van der Waals surface area contributed by atoms with Crippen molar-refractivity contribution in [1.29, 1.82) is 0 Å². The zero-order valence-corrected chi connectivity index (χ0v) is 12.1. The molecule has 1 amide bonds. The van der Waals surface area contributed by atoms with Crippen LogP contribution in [0, 0.1) is 0 Å². The van der Waals surface area contributed by atoms with Crippen molar-refractivity contribution in [3.8, 4) is 0 Å². The highest BCUT2D eigenvalue weighted by Crippen LogP contribution is 2.25. The molecule has 2 atom stereocenters. The highest BCUT2D eigenvalue weighted by molar-refractivity contribution is 6.31. The van der Waals surface area contributed by atoms with E-state index in [9.17, 15) is 9.59 Å². The van der Waals surface area contributed by atoms with Gasteiger partial charge in [0.1, 0.15) is 5.69 Å². The van der Waals surface area contributed by atoms with Gasteiger partial charge in [-0.3, -0.25) is 9.59 Å². The second-order valence-corrected chi connectivity index (χ2v) is 5.39. The largest absolute Gasteiger partial charge is 0.481 e. The summed E-state index contributed by atoms with van der Waals surface area (Å²) < 4.78 is 6.90. The zero-order valence-electron chi connectivity index (χ0n) is 11.4. The van der Waals surface area contributed by atoms with Gasteiger partial charge in [-0.2, -0.15) is 0 Å². The van der Waals surface area contributed by atoms with Crippen LogP contribution in [0.25, 0.3) is 0 Å². The smallest absolute Gasteiger partial charge is 0.305 e. The maximum Gasteiger partial charge on any atom is 0.305 e. The summed E-state index contributed by atoms with van der Waals surface area (Å²) in [5.41, 5.74) is 0.446. The van der Waals surface area contributed by atoms with Crippen molar-refractivity contribution in [2.24, 2.45) is 7.05 Å². The highest BCUT2D eigenvalue weighted by atomic mass is 35.5. The Morgan fingerprint density at radius 3 is 2.75 bits per heavy atom. The lowest BCUT2D eigenvalue weighted by atomic mass is 10.1. The van der Waals surface area contributed by atoms with Gasteiger partial charge < -0.3 is 19.3 Å². The molecule has 0 radical (unpaired) electrons. The number of hydrogen-bond acceptors (Lipinski definition) is 3. The molecule has 0 aliphatic carbocycles. The molecule has 1 aliphatic heterocycles. The van der Waals surface area contributed by atoms with E-state index >= 15 is 0 Å². The molecule has 110 valence electrons. The van der Waals surface area contributed by atoms with Crippen LogP contribution in [0.15, 0.2) is 12.3 Å². The Kier molecular flexibility index (Phi) is 4.35. The Hall–Kier alpha value is -1.53. The molecule has 1 fully saturated rings. The molecule has 2 heterocycles. The molecule has 1 aromatic rings. The number of hydrogen-bond donors (Lipinski definition) is 1. The maximum atomic E-state index is 12.5. The van der Waals surface area contributed by atoms with Gasteiger partial charge in [-0.05, 0) is 12.5 Å². The molecule has 0 spiro atoms. The molecule has 0 saturated carbocycles. The van der Waals surface area contributed by atoms with Crippen LogP contribution in [0.1, 0.15) is 23.3 Å². The van der Waals surface area contributed by atoms with Crippen LogP contribution in [0.5, 0.6) is 0 Å². The average Bonchev–Trinajstić information content (AvgIpc) is 2.91. The number of carbonyl (C=O) groups is 2. The Morgan fingerprint density at radius 1 is 1.55 bits per heavy atom. The fourth-order valence-electron chi connectivity index (χ4n) is 2.57. The molecule has 2 unspecified atom stereocenters. The van der Waals surface area contributed by atoms with E-state index in [0.717, 1.165) is 0 Å². The third-order valence-electron chi connectivity index (χ3n) is 3.57. The van der Waals surface area contributed by atoms with Gasteiger partial charge in [0.05, 0.1) is 17.5 Å². The van der Waals surface area contributed by atoms with E-state index in [2.05, 4.69) is 0 Å². The van der Waals surface area contributed by atoms with Gasteiger partial charge in [0.2, 0.25) is 0 Å². The summed E-state index contributed by atoms with van der Waals surface area (Å²) >= 11 is 5.88. The van der Waals surface area contributed by atoms with Gasteiger partial charge in [-0.25, -0.2) is 0 Å². The molecular formula is C13H17ClN2O4. The molecule has 20 heavy (non-hydrogen) atoms. The van der Waals surface area contributed by atoms with E-state index in [1.807, 2.05) is 0 Å². The van der Waals surface area contributed by atoms with Crippen molar-refractivity contribution in [1.82, 2.24) is 9.47 Å². The third-order valence-corrected chi connectivity index (χ3v) is 3.78. The second-order valence-electron chi connectivity index (χ2n) is 4.96. The van der Waals surface area contributed by atoms with E-state index in [0.29, 0.717) is 23.7 Å². The number of halogens is 1. The minimum Gasteiger partial charge on any atom is -0.481 e. The van der Waals surface area contributed by atoms with Crippen LogP contribution in [0.4, 0.5) is 0 Å². The number of amides is 1. The number of aryl methyl sites for hydroxylation is 1. The van der Waals surface area contributed by atoms with Crippen molar-refractivity contribution < 1.29 is 19.4 Å². The number of carboxylic acids is 1. The Morgan fingerprint density at radius 2 is 2.25 bits per heavy atom. The predicted octanol–water partition coefficient (Wildman–Crippen LogP) is 1.38. The van der Waals surface area contributed by atoms with Gasteiger partial charge in [-0.15, -0.1) is 0 Å². The molecule has 6 nitrogen and oxygen atoms in total. The lowest BCUT2D eigenvalue weighted by Gasteiger charge is -2.23. The van der Waals surface area contributed by atoms with Crippen molar-refractivity contribution >= 4 is 23.5 Å². The van der Waals surface area contributed by atoms with Gasteiger partial charge >= 0.3 is 5.97 Å². The number of aliphatic carboxylic acids is 1. The van der Waals surface area contributed by atoms with Crippen molar-refractivity contribution in [3.05, 3.63) is 23.0 Å². The van der Waals surface area contributed by atoms with E-state index in [-0.39, 0.29) is 24.5 Å². The van der Waals surface area contributed by atoms with E-state index < -0.39 is 5.97 Å². The van der Waals surface area contributed by atoms with Crippen LogP contribution in [-0.2, 0) is 16.6 Å². The number of aromatic nitrogens is 1. The highest BCUT2D eigenvalue weighted by Gasteiger charge is 2.37. The summed E-state index contributed by atoms with van der Waals surface area (Å²) in [6.07, 6.45) is 1.97. The topological polar surface area (TPSA) is 71.8 Å². The summed E-state index contributed by atoms with van der Waals surface area (Å²) in [7, 11) is 3.30. The first-order valence-corrected chi connectivity index (χ1v) is 6.67. The summed E-state index contributed by atoms with van der Waals surface area (Å²) in [5.74, 6) is -1.14. The molecule has 1 saturated heterocycles. The number of nitrogens with zero attached hydrogens (tertiary/aromatic N) is 2. The lowest BCUT2D eigenvalue weighted by molar-refractivity contribution is -0.137. The van der Waals surface area contributed by atoms with Crippen molar-refractivity contribution in [2.45, 2.75) is 25.0 Å². The van der Waals surface area contributed by atoms with E-state index in [4.69, 9.17) is 21.4 Å². The number of likely N-dealkylation sites (tertiary alicyclic amines) is 1. The van der Waals surface area contributed by atoms with E-state index in [1.165, 1.54) is 0 Å². The Bertz CT molecular complexity index is 528. The first kappa shape index (κ1) is 14.9. The number of carbonyl (C=O) groups excluding carboxylic acids is 1. The van der Waals surface area contributed by atoms with E-state index in [1.54, 1.807) is 35.9 Å². The molecule has 0 aromatic carbocycles. The van der Waals surface area contributed by atoms with Crippen LogP contribution in [-0.4, -0.2) is 52.3 Å². The number of carboxylic acid groups (broad SMARTS) is 1. The van der Waals surface area contributed by atoms with Crippen LogP contribution in [0.3, 0.4) is 0 Å². The summed E-state index contributed by atoms with van der Waals surface area (Å²) in [6, 6.07) is 1.24. The minimum atomic E-state index is -0.922. The molecule has 2 rings (SSSR count). The summed E-state index contributed by atoms with van der Waals surface area (Å²) in [4.78, 5) is 25.0. The SMILES string of the molecule is COC1CC(CC(=O)O)N(C(=O)c2cc(Cl)cn2C)C1. The Labute approximate surface area is 121 Å². The first-order valence-electron chi connectivity index (χ1n) is 6.29. The molecule has 1 N–H and O–H groups in total. The molecular weight excluding hydrogens is 284 g/mol. The van der Waals surface area contributed by atoms with Gasteiger partial charge in [-0.1, -0.05) is 11.6 Å². The molecule has 1 aromatic heterocycles.